The lowest BCUT2D eigenvalue weighted by Crippen LogP contribution is -2.12. The molecule has 1 aromatic carbocycles. The molecule has 0 atom stereocenters. The lowest BCUT2D eigenvalue weighted by molar-refractivity contribution is -0.137. The maximum atomic E-state index is 10.4. The van der Waals surface area contributed by atoms with Crippen molar-refractivity contribution in [3.63, 3.8) is 0 Å². The topological polar surface area (TPSA) is 107 Å². The predicted octanol–water partition coefficient (Wildman–Crippen LogP) is 0.906. The van der Waals surface area contributed by atoms with E-state index in [0.29, 0.717) is 5.56 Å². The minimum absolute atomic E-state index is 0.0874. The SMILES string of the molecule is O=C(O)CCc1cccc(NCC(=O)O)c1O. The van der Waals surface area contributed by atoms with Gasteiger partial charge in [-0.3, -0.25) is 9.59 Å². The quantitative estimate of drug-likeness (QED) is 0.549. The molecule has 0 aliphatic carbocycles. The Morgan fingerprint density at radius 3 is 2.47 bits per heavy atom. The van der Waals surface area contributed by atoms with E-state index in [-0.39, 0.29) is 30.8 Å². The molecule has 0 unspecified atom stereocenters. The molecule has 6 nitrogen and oxygen atoms in total. The van der Waals surface area contributed by atoms with Crippen LogP contribution in [0.3, 0.4) is 0 Å². The molecular formula is C11H13NO5. The van der Waals surface area contributed by atoms with Gasteiger partial charge in [-0.25, -0.2) is 0 Å². The number of carbonyl (C=O) groups is 2. The number of carboxylic acids is 2. The van der Waals surface area contributed by atoms with E-state index in [0.717, 1.165) is 0 Å². The van der Waals surface area contributed by atoms with Crippen molar-refractivity contribution >= 4 is 17.6 Å². The molecule has 0 saturated heterocycles. The van der Waals surface area contributed by atoms with Crippen molar-refractivity contribution in [3.05, 3.63) is 23.8 Å². The molecular weight excluding hydrogens is 226 g/mol. The fraction of sp³-hybridized carbons (Fsp3) is 0.273. The number of para-hydroxylation sites is 1. The first-order chi connectivity index (χ1) is 8.00. The third-order valence-corrected chi connectivity index (χ3v) is 2.16. The molecule has 6 heteroatoms. The maximum absolute atomic E-state index is 10.4. The van der Waals surface area contributed by atoms with Crippen molar-refractivity contribution in [1.82, 2.24) is 0 Å². The van der Waals surface area contributed by atoms with Crippen molar-refractivity contribution in [2.75, 3.05) is 11.9 Å². The zero-order chi connectivity index (χ0) is 12.8. The molecule has 17 heavy (non-hydrogen) atoms. The summed E-state index contributed by atoms with van der Waals surface area (Å²) >= 11 is 0. The van der Waals surface area contributed by atoms with Crippen LogP contribution in [0.5, 0.6) is 5.75 Å². The summed E-state index contributed by atoms with van der Waals surface area (Å²) in [6, 6.07) is 4.76. The summed E-state index contributed by atoms with van der Waals surface area (Å²) in [6.07, 6.45) is 0.111. The van der Waals surface area contributed by atoms with E-state index in [1.807, 2.05) is 0 Å². The van der Waals surface area contributed by atoms with Gasteiger partial charge in [0.2, 0.25) is 0 Å². The summed E-state index contributed by atoms with van der Waals surface area (Å²) in [7, 11) is 0. The molecule has 0 fully saturated rings. The number of carboxylic acid groups (broad SMARTS) is 2. The summed E-state index contributed by atoms with van der Waals surface area (Å²) in [5.41, 5.74) is 0.762. The molecule has 1 aromatic rings. The van der Waals surface area contributed by atoms with E-state index < -0.39 is 11.9 Å². The number of aromatic hydroxyl groups is 1. The van der Waals surface area contributed by atoms with Crippen molar-refractivity contribution in [3.8, 4) is 5.75 Å². The van der Waals surface area contributed by atoms with Gasteiger partial charge in [-0.2, -0.15) is 0 Å². The highest BCUT2D eigenvalue weighted by Crippen LogP contribution is 2.28. The molecule has 0 radical (unpaired) electrons. The predicted molar refractivity (Wildman–Crippen MR) is 60.2 cm³/mol. The molecule has 0 amide bonds. The Morgan fingerprint density at radius 1 is 1.18 bits per heavy atom. The van der Waals surface area contributed by atoms with Crippen LogP contribution in [-0.2, 0) is 16.0 Å². The van der Waals surface area contributed by atoms with Gasteiger partial charge in [-0.1, -0.05) is 12.1 Å². The van der Waals surface area contributed by atoms with Crippen LogP contribution in [0.2, 0.25) is 0 Å². The van der Waals surface area contributed by atoms with E-state index in [4.69, 9.17) is 10.2 Å². The molecule has 1 rings (SSSR count). The Hall–Kier alpha value is -2.24. The fourth-order valence-corrected chi connectivity index (χ4v) is 1.35. The highest BCUT2D eigenvalue weighted by molar-refractivity contribution is 5.74. The van der Waals surface area contributed by atoms with Gasteiger partial charge >= 0.3 is 11.9 Å². The van der Waals surface area contributed by atoms with Gasteiger partial charge < -0.3 is 20.6 Å². The number of phenols is 1. The summed E-state index contributed by atoms with van der Waals surface area (Å²) in [5, 5.41) is 29.3. The molecule has 0 aliphatic heterocycles. The summed E-state index contributed by atoms with van der Waals surface area (Å²) in [4.78, 5) is 20.8. The van der Waals surface area contributed by atoms with E-state index in [9.17, 15) is 14.7 Å². The highest BCUT2D eigenvalue weighted by Gasteiger charge is 2.09. The van der Waals surface area contributed by atoms with Crippen molar-refractivity contribution in [1.29, 1.82) is 0 Å². The van der Waals surface area contributed by atoms with Gasteiger partial charge in [-0.15, -0.1) is 0 Å². The number of aryl methyl sites for hydroxylation is 1. The number of hydrogen-bond donors (Lipinski definition) is 4. The molecule has 0 aliphatic rings. The van der Waals surface area contributed by atoms with Gasteiger partial charge in [0.15, 0.2) is 0 Å². The number of hydrogen-bond acceptors (Lipinski definition) is 4. The zero-order valence-electron chi connectivity index (χ0n) is 9.01. The van der Waals surface area contributed by atoms with Crippen molar-refractivity contribution in [2.45, 2.75) is 12.8 Å². The third kappa shape index (κ3) is 4.02. The Labute approximate surface area is 97.5 Å². The highest BCUT2D eigenvalue weighted by atomic mass is 16.4. The molecule has 0 bridgehead atoms. The van der Waals surface area contributed by atoms with Crippen LogP contribution in [0, 0.1) is 0 Å². The van der Waals surface area contributed by atoms with Crippen molar-refractivity contribution in [2.24, 2.45) is 0 Å². The number of aliphatic carboxylic acids is 2. The summed E-state index contributed by atoms with van der Waals surface area (Å²) < 4.78 is 0. The summed E-state index contributed by atoms with van der Waals surface area (Å²) in [5.74, 6) is -2.09. The largest absolute Gasteiger partial charge is 0.505 e. The first-order valence-electron chi connectivity index (χ1n) is 4.99. The fourth-order valence-electron chi connectivity index (χ4n) is 1.35. The second-order valence-corrected chi connectivity index (χ2v) is 3.45. The van der Waals surface area contributed by atoms with E-state index >= 15 is 0 Å². The van der Waals surface area contributed by atoms with Crippen LogP contribution in [0.4, 0.5) is 5.69 Å². The Morgan fingerprint density at radius 2 is 1.88 bits per heavy atom. The molecule has 0 aromatic heterocycles. The van der Waals surface area contributed by atoms with Gasteiger partial charge in [0.05, 0.1) is 5.69 Å². The summed E-state index contributed by atoms with van der Waals surface area (Å²) in [6.45, 7) is -0.310. The Kier molecular flexibility index (Phi) is 4.33. The lowest BCUT2D eigenvalue weighted by atomic mass is 10.1. The number of anilines is 1. The first-order valence-corrected chi connectivity index (χ1v) is 4.99. The first kappa shape index (κ1) is 12.8. The maximum Gasteiger partial charge on any atom is 0.322 e. The van der Waals surface area contributed by atoms with Gasteiger partial charge in [0.25, 0.3) is 0 Å². The van der Waals surface area contributed by atoms with Gasteiger partial charge in [-0.05, 0) is 18.1 Å². The Bertz CT molecular complexity index is 394. The number of nitrogens with one attached hydrogen (secondary N) is 1. The molecule has 0 spiro atoms. The van der Waals surface area contributed by atoms with Crippen LogP contribution in [0.25, 0.3) is 0 Å². The van der Waals surface area contributed by atoms with Crippen molar-refractivity contribution < 1.29 is 24.9 Å². The van der Waals surface area contributed by atoms with Crippen LogP contribution in [0.15, 0.2) is 18.2 Å². The van der Waals surface area contributed by atoms with Gasteiger partial charge in [0, 0.05) is 6.42 Å². The van der Waals surface area contributed by atoms with E-state index in [2.05, 4.69) is 5.32 Å². The second kappa shape index (κ2) is 5.74. The molecule has 0 saturated carbocycles. The minimum Gasteiger partial charge on any atom is -0.505 e. The van der Waals surface area contributed by atoms with Crippen LogP contribution < -0.4 is 5.32 Å². The monoisotopic (exact) mass is 239 g/mol. The smallest absolute Gasteiger partial charge is 0.322 e. The standard InChI is InChI=1S/C11H13NO5/c13-9(14)5-4-7-2-1-3-8(11(7)17)12-6-10(15)16/h1-3,12,17H,4-6H2,(H,13,14)(H,15,16). The Balaban J connectivity index is 2.76. The minimum atomic E-state index is -1.04. The molecule has 0 heterocycles. The number of rotatable bonds is 6. The van der Waals surface area contributed by atoms with E-state index in [1.165, 1.54) is 6.07 Å². The van der Waals surface area contributed by atoms with Gasteiger partial charge in [0.1, 0.15) is 12.3 Å². The third-order valence-electron chi connectivity index (χ3n) is 2.16. The second-order valence-electron chi connectivity index (χ2n) is 3.45. The van der Waals surface area contributed by atoms with Crippen LogP contribution >= 0.6 is 0 Å². The number of benzene rings is 1. The van der Waals surface area contributed by atoms with E-state index in [1.54, 1.807) is 12.1 Å². The lowest BCUT2D eigenvalue weighted by Gasteiger charge is -2.09. The average Bonchev–Trinajstić information content (AvgIpc) is 2.25. The average molecular weight is 239 g/mol. The zero-order valence-corrected chi connectivity index (χ0v) is 9.01. The number of phenolic OH excluding ortho intramolecular Hbond substituents is 1. The normalized spacial score (nSPS) is 9.88. The van der Waals surface area contributed by atoms with Crippen LogP contribution in [-0.4, -0.2) is 33.8 Å². The van der Waals surface area contributed by atoms with Crippen LogP contribution in [0.1, 0.15) is 12.0 Å². The molecule has 4 N–H and O–H groups in total. The molecule has 92 valence electrons.